The van der Waals surface area contributed by atoms with Crippen molar-refractivity contribution in [3.63, 3.8) is 0 Å². The summed E-state index contributed by atoms with van der Waals surface area (Å²) in [6.07, 6.45) is 4.36. The second-order valence-electron chi connectivity index (χ2n) is 1.51. The second-order valence-corrected chi connectivity index (χ2v) is 1.51. The molecule has 0 aliphatic heterocycles. The summed E-state index contributed by atoms with van der Waals surface area (Å²) < 4.78 is 0. The summed E-state index contributed by atoms with van der Waals surface area (Å²) in [5.41, 5.74) is 0. The summed E-state index contributed by atoms with van der Waals surface area (Å²) in [4.78, 5) is 1.85. The van der Waals surface area contributed by atoms with Gasteiger partial charge in [0.25, 0.3) is 0 Å². The maximum absolute atomic E-state index is 8.17. The molecule has 0 aromatic rings. The Morgan fingerprint density at radius 2 is 2.38 bits per heavy atom. The van der Waals surface area contributed by atoms with Gasteiger partial charge in [0, 0.05) is 13.6 Å². The maximum atomic E-state index is 8.17. The molecule has 0 atom stereocenters. The first-order valence-corrected chi connectivity index (χ1v) is 2.43. The predicted molar refractivity (Wildman–Crippen MR) is 34.6 cm³/mol. The zero-order valence-corrected chi connectivity index (χ0v) is 5.04. The quantitative estimate of drug-likeness (QED) is 0.554. The van der Waals surface area contributed by atoms with Gasteiger partial charge in [0.15, 0.2) is 0 Å². The van der Waals surface area contributed by atoms with Crippen LogP contribution in [0.3, 0.4) is 0 Å². The topological polar surface area (TPSA) is 23.5 Å². The van der Waals surface area contributed by atoms with Crippen molar-refractivity contribution >= 4 is 0 Å². The highest BCUT2D eigenvalue weighted by molar-refractivity contribution is 4.79. The fourth-order valence-corrected chi connectivity index (χ4v) is 0.288. The van der Waals surface area contributed by atoms with Crippen LogP contribution >= 0.6 is 0 Å². The van der Waals surface area contributed by atoms with Gasteiger partial charge in [-0.3, -0.25) is 0 Å². The molecule has 0 fully saturated rings. The molecule has 0 saturated heterocycles. The number of aliphatic hydroxyl groups is 1. The first kappa shape index (κ1) is 7.08. The van der Waals surface area contributed by atoms with E-state index in [4.69, 9.17) is 5.11 Å². The summed E-state index contributed by atoms with van der Waals surface area (Å²) in [7, 11) is 1.88. The molecule has 0 aromatic heterocycles. The van der Waals surface area contributed by atoms with E-state index in [1.165, 1.54) is 0 Å². The molecule has 1 N–H and O–H groups in total. The lowest BCUT2D eigenvalue weighted by atomic mass is 10.5. The molecule has 0 aliphatic carbocycles. The lowest BCUT2D eigenvalue weighted by molar-refractivity contribution is 0.456. The van der Waals surface area contributed by atoms with Gasteiger partial charge < -0.3 is 10.0 Å². The van der Waals surface area contributed by atoms with Crippen LogP contribution in [-0.2, 0) is 0 Å². The van der Waals surface area contributed by atoms with E-state index in [9.17, 15) is 0 Å². The Hall–Kier alpha value is -0.920. The lowest BCUT2D eigenvalue weighted by Crippen LogP contribution is -2.08. The van der Waals surface area contributed by atoms with Crippen molar-refractivity contribution in [2.24, 2.45) is 0 Å². The Morgan fingerprint density at radius 3 is 2.75 bits per heavy atom. The van der Waals surface area contributed by atoms with Crippen LogP contribution in [0, 0.1) is 0 Å². The molecule has 46 valence electrons. The Labute approximate surface area is 49.7 Å². The molecule has 2 heteroatoms. The highest BCUT2D eigenvalue weighted by Gasteiger charge is 1.79. The smallest absolute Gasteiger partial charge is 0.0769 e. The fraction of sp³-hybridized carbons (Fsp3) is 0.333. The van der Waals surface area contributed by atoms with Gasteiger partial charge in [0.2, 0.25) is 0 Å². The molecule has 0 aliphatic rings. The van der Waals surface area contributed by atoms with Gasteiger partial charge in [-0.05, 0) is 12.3 Å². The predicted octanol–water partition coefficient (Wildman–Crippen LogP) is 1.13. The van der Waals surface area contributed by atoms with Crippen molar-refractivity contribution in [3.8, 4) is 0 Å². The highest BCUT2D eigenvalue weighted by Crippen LogP contribution is 1.80. The molecule has 0 saturated carbocycles. The normalized spacial score (nSPS) is 9.62. The Bertz CT molecular complexity index is 88.5. The van der Waals surface area contributed by atoms with Crippen LogP contribution in [0.15, 0.2) is 25.1 Å². The average Bonchev–Trinajstić information content (AvgIpc) is 1.83. The molecule has 0 bridgehead atoms. The maximum Gasteiger partial charge on any atom is 0.0769 e. The van der Waals surface area contributed by atoms with Crippen LogP contribution in [0.25, 0.3) is 0 Å². The first-order valence-electron chi connectivity index (χ1n) is 2.43. The minimum Gasteiger partial charge on any atom is -0.516 e. The molecule has 8 heavy (non-hydrogen) atoms. The van der Waals surface area contributed by atoms with Crippen molar-refractivity contribution in [2.45, 2.75) is 0 Å². The summed E-state index contributed by atoms with van der Waals surface area (Å²) in [5.74, 6) is 0. The Kier molecular flexibility index (Phi) is 3.76. The summed E-state index contributed by atoms with van der Waals surface area (Å²) in [6.45, 7) is 4.23. The van der Waals surface area contributed by atoms with E-state index in [2.05, 4.69) is 6.58 Å². The third-order valence-electron chi connectivity index (χ3n) is 0.810. The van der Waals surface area contributed by atoms with Gasteiger partial charge in [0.1, 0.15) is 0 Å². The summed E-state index contributed by atoms with van der Waals surface area (Å²) in [6, 6.07) is 0. The lowest BCUT2D eigenvalue weighted by Gasteiger charge is -2.07. The van der Waals surface area contributed by atoms with Gasteiger partial charge in [-0.1, -0.05) is 6.58 Å². The van der Waals surface area contributed by atoms with E-state index in [1.807, 2.05) is 11.9 Å². The van der Waals surface area contributed by atoms with Crippen molar-refractivity contribution in [1.82, 2.24) is 4.90 Å². The van der Waals surface area contributed by atoms with E-state index in [-0.39, 0.29) is 0 Å². The van der Waals surface area contributed by atoms with E-state index in [0.717, 1.165) is 6.26 Å². The van der Waals surface area contributed by atoms with Crippen LogP contribution in [0.2, 0.25) is 0 Å². The Morgan fingerprint density at radius 1 is 1.75 bits per heavy atom. The van der Waals surface area contributed by atoms with E-state index in [1.54, 1.807) is 12.3 Å². The first-order chi connectivity index (χ1) is 3.81. The molecule has 2 nitrogen and oxygen atoms in total. The van der Waals surface area contributed by atoms with Gasteiger partial charge in [-0.15, -0.1) is 0 Å². The summed E-state index contributed by atoms with van der Waals surface area (Å²) >= 11 is 0. The van der Waals surface area contributed by atoms with E-state index in [0.29, 0.717) is 6.54 Å². The minimum absolute atomic E-state index is 0.708. The standard InChI is InChI=1S/C6H11NO/c1-3-7(2)5-4-6-8/h3-4,6,8H,1,5H2,2H3. The zero-order valence-electron chi connectivity index (χ0n) is 5.04. The van der Waals surface area contributed by atoms with Crippen molar-refractivity contribution in [1.29, 1.82) is 0 Å². The third-order valence-corrected chi connectivity index (χ3v) is 0.810. The molecule has 0 unspecified atom stereocenters. The van der Waals surface area contributed by atoms with Gasteiger partial charge in [0.05, 0.1) is 6.26 Å². The fourth-order valence-electron chi connectivity index (χ4n) is 0.288. The SMILES string of the molecule is C=CN(C)CC=CO. The molecule has 0 aromatic carbocycles. The second kappa shape index (κ2) is 4.24. The zero-order chi connectivity index (χ0) is 6.41. The molecule has 0 rings (SSSR count). The Balaban J connectivity index is 3.23. The van der Waals surface area contributed by atoms with Crippen LogP contribution in [-0.4, -0.2) is 23.6 Å². The number of aliphatic hydroxyl groups excluding tert-OH is 1. The number of rotatable bonds is 3. The summed E-state index contributed by atoms with van der Waals surface area (Å²) in [5, 5.41) is 8.17. The number of hydrogen-bond donors (Lipinski definition) is 1. The van der Waals surface area contributed by atoms with Crippen molar-refractivity contribution in [2.75, 3.05) is 13.6 Å². The van der Waals surface area contributed by atoms with Crippen LogP contribution in [0.1, 0.15) is 0 Å². The average molecular weight is 113 g/mol. The highest BCUT2D eigenvalue weighted by atomic mass is 16.2. The van der Waals surface area contributed by atoms with Crippen LogP contribution < -0.4 is 0 Å². The van der Waals surface area contributed by atoms with Gasteiger partial charge in [-0.2, -0.15) is 0 Å². The number of nitrogens with zero attached hydrogens (tertiary/aromatic N) is 1. The van der Waals surface area contributed by atoms with E-state index >= 15 is 0 Å². The molecule has 0 radical (unpaired) electrons. The van der Waals surface area contributed by atoms with Gasteiger partial charge >= 0.3 is 0 Å². The van der Waals surface area contributed by atoms with Gasteiger partial charge in [-0.25, -0.2) is 0 Å². The number of hydrogen-bond acceptors (Lipinski definition) is 2. The van der Waals surface area contributed by atoms with Crippen LogP contribution in [0.4, 0.5) is 0 Å². The van der Waals surface area contributed by atoms with Crippen LogP contribution in [0.5, 0.6) is 0 Å². The monoisotopic (exact) mass is 113 g/mol. The molecule has 0 amide bonds. The van der Waals surface area contributed by atoms with Crippen molar-refractivity contribution < 1.29 is 5.11 Å². The largest absolute Gasteiger partial charge is 0.516 e. The molecular formula is C6H11NO. The number of likely N-dealkylation sites (N-methyl/N-ethyl adjacent to an activating group) is 1. The van der Waals surface area contributed by atoms with E-state index < -0.39 is 0 Å². The molecular weight excluding hydrogens is 102 g/mol. The van der Waals surface area contributed by atoms with Crippen molar-refractivity contribution in [3.05, 3.63) is 25.1 Å². The minimum atomic E-state index is 0.708. The third kappa shape index (κ3) is 3.28. The molecule has 0 spiro atoms. The molecule has 0 heterocycles.